The number of ether oxygens (including phenoxy) is 1. The number of piperidine rings is 1. The summed E-state index contributed by atoms with van der Waals surface area (Å²) in [5.41, 5.74) is -0.525. The molecule has 2 rings (SSSR count). The first-order valence-electron chi connectivity index (χ1n) is 8.52. The molecule has 0 aromatic rings. The van der Waals surface area contributed by atoms with Crippen molar-refractivity contribution in [2.75, 3.05) is 13.7 Å². The highest BCUT2D eigenvalue weighted by molar-refractivity contribution is 5.82. The normalized spacial score (nSPS) is 30.2. The summed E-state index contributed by atoms with van der Waals surface area (Å²) in [6, 6.07) is 1.37. The summed E-state index contributed by atoms with van der Waals surface area (Å²) in [6.45, 7) is 9.59. The molecule has 2 aliphatic rings. The van der Waals surface area contributed by atoms with Crippen LogP contribution in [0.2, 0.25) is 0 Å². The summed E-state index contributed by atoms with van der Waals surface area (Å²) >= 11 is 0. The van der Waals surface area contributed by atoms with Crippen LogP contribution in [0.1, 0.15) is 59.8 Å². The molecule has 3 unspecified atom stereocenters. The number of esters is 1. The average Bonchev–Trinajstić information content (AvgIpc) is 3.25. The summed E-state index contributed by atoms with van der Waals surface area (Å²) in [6.07, 6.45) is 6.02. The summed E-state index contributed by atoms with van der Waals surface area (Å²) in [4.78, 5) is 15.1. The molecule has 1 saturated heterocycles. The maximum absolute atomic E-state index is 12.6. The second-order valence-corrected chi connectivity index (χ2v) is 7.34. The molecular formula is C17H32N2O2. The minimum Gasteiger partial charge on any atom is -0.468 e. The molecule has 0 aromatic carbocycles. The number of carbonyl (C=O) groups excluding carboxylic acids is 1. The number of nitrogens with zero attached hydrogens (tertiary/aromatic N) is 1. The molecule has 0 spiro atoms. The molecule has 0 bridgehead atoms. The van der Waals surface area contributed by atoms with E-state index >= 15 is 0 Å². The van der Waals surface area contributed by atoms with E-state index in [1.165, 1.54) is 26.4 Å². The van der Waals surface area contributed by atoms with Gasteiger partial charge in [-0.05, 0) is 59.3 Å². The van der Waals surface area contributed by atoms with Crippen LogP contribution in [-0.4, -0.2) is 48.2 Å². The minimum absolute atomic E-state index is 0.0799. The fraction of sp³-hybridized carbons (Fsp3) is 0.941. The van der Waals surface area contributed by atoms with Gasteiger partial charge in [0, 0.05) is 24.7 Å². The second kappa shape index (κ2) is 6.66. The Morgan fingerprint density at radius 3 is 2.24 bits per heavy atom. The molecule has 122 valence electrons. The van der Waals surface area contributed by atoms with Crippen molar-refractivity contribution in [3.63, 3.8) is 0 Å². The molecule has 0 aromatic heterocycles. The molecule has 1 N–H and O–H groups in total. The topological polar surface area (TPSA) is 41.6 Å². The molecule has 2 fully saturated rings. The highest BCUT2D eigenvalue weighted by Crippen LogP contribution is 2.42. The summed E-state index contributed by atoms with van der Waals surface area (Å²) < 4.78 is 5.20. The van der Waals surface area contributed by atoms with Crippen LogP contribution in [0.5, 0.6) is 0 Å². The van der Waals surface area contributed by atoms with Gasteiger partial charge in [0.1, 0.15) is 5.54 Å². The van der Waals surface area contributed by atoms with E-state index in [1.807, 2.05) is 0 Å². The number of nitrogens with one attached hydrogen (secondary N) is 1. The molecule has 4 heteroatoms. The predicted octanol–water partition coefficient (Wildman–Crippen LogP) is 2.57. The van der Waals surface area contributed by atoms with E-state index in [-0.39, 0.29) is 12.0 Å². The van der Waals surface area contributed by atoms with Gasteiger partial charge in [-0.15, -0.1) is 0 Å². The van der Waals surface area contributed by atoms with Gasteiger partial charge in [-0.2, -0.15) is 0 Å². The standard InChI is InChI=1S/C17H32N2O2/c1-12(2)18-17(15-9-10-15,16(20)21-5)11-19-13(3)7-6-8-14(19)4/h12-15,18H,6-11H2,1-5H3. The molecule has 4 nitrogen and oxygen atoms in total. The number of carbonyl (C=O) groups is 1. The predicted molar refractivity (Wildman–Crippen MR) is 85.2 cm³/mol. The van der Waals surface area contributed by atoms with Gasteiger partial charge in [-0.25, -0.2) is 4.79 Å². The zero-order valence-electron chi connectivity index (χ0n) is 14.3. The zero-order valence-corrected chi connectivity index (χ0v) is 14.3. The van der Waals surface area contributed by atoms with Crippen molar-refractivity contribution < 1.29 is 9.53 Å². The van der Waals surface area contributed by atoms with Crippen LogP contribution in [0.25, 0.3) is 0 Å². The van der Waals surface area contributed by atoms with Crippen molar-refractivity contribution >= 4 is 5.97 Å². The highest BCUT2D eigenvalue weighted by Gasteiger charge is 2.53. The van der Waals surface area contributed by atoms with Crippen molar-refractivity contribution in [1.82, 2.24) is 10.2 Å². The Labute approximate surface area is 129 Å². The third kappa shape index (κ3) is 3.59. The third-order valence-corrected chi connectivity index (χ3v) is 5.18. The molecular weight excluding hydrogens is 264 g/mol. The second-order valence-electron chi connectivity index (χ2n) is 7.34. The molecule has 1 heterocycles. The van der Waals surface area contributed by atoms with Crippen LogP contribution in [0.4, 0.5) is 0 Å². The van der Waals surface area contributed by atoms with Crippen LogP contribution in [0.15, 0.2) is 0 Å². The van der Waals surface area contributed by atoms with Gasteiger partial charge in [-0.1, -0.05) is 6.42 Å². The van der Waals surface area contributed by atoms with Gasteiger partial charge < -0.3 is 4.74 Å². The lowest BCUT2D eigenvalue weighted by Gasteiger charge is -2.45. The summed E-state index contributed by atoms with van der Waals surface area (Å²) in [7, 11) is 1.52. The zero-order chi connectivity index (χ0) is 15.6. The Kier molecular flexibility index (Phi) is 5.31. The first kappa shape index (κ1) is 16.8. The van der Waals surface area contributed by atoms with Crippen molar-refractivity contribution in [2.24, 2.45) is 5.92 Å². The molecule has 1 aliphatic carbocycles. The van der Waals surface area contributed by atoms with Crippen molar-refractivity contribution in [3.8, 4) is 0 Å². The smallest absolute Gasteiger partial charge is 0.327 e. The van der Waals surface area contributed by atoms with Gasteiger partial charge in [0.25, 0.3) is 0 Å². The Morgan fingerprint density at radius 1 is 1.24 bits per heavy atom. The summed E-state index contributed by atoms with van der Waals surface area (Å²) in [5.74, 6) is 0.345. The van der Waals surface area contributed by atoms with E-state index in [9.17, 15) is 4.79 Å². The lowest BCUT2D eigenvalue weighted by Crippen LogP contribution is -2.65. The quantitative estimate of drug-likeness (QED) is 0.765. The number of hydrogen-bond acceptors (Lipinski definition) is 4. The Morgan fingerprint density at radius 2 is 1.81 bits per heavy atom. The largest absolute Gasteiger partial charge is 0.468 e. The van der Waals surface area contributed by atoms with Crippen LogP contribution >= 0.6 is 0 Å². The SMILES string of the molecule is COC(=O)C(CN1C(C)CCCC1C)(NC(C)C)C1CC1. The van der Waals surface area contributed by atoms with Gasteiger partial charge >= 0.3 is 5.97 Å². The van der Waals surface area contributed by atoms with Gasteiger partial charge in [0.15, 0.2) is 0 Å². The number of rotatable bonds is 6. The summed E-state index contributed by atoms with van der Waals surface area (Å²) in [5, 5.41) is 3.58. The molecule has 21 heavy (non-hydrogen) atoms. The van der Waals surface area contributed by atoms with Crippen LogP contribution in [0.3, 0.4) is 0 Å². The monoisotopic (exact) mass is 296 g/mol. The lowest BCUT2D eigenvalue weighted by molar-refractivity contribution is -0.152. The fourth-order valence-electron chi connectivity index (χ4n) is 3.93. The maximum atomic E-state index is 12.6. The van der Waals surface area contributed by atoms with E-state index in [2.05, 4.69) is 37.9 Å². The van der Waals surface area contributed by atoms with Crippen molar-refractivity contribution in [1.29, 1.82) is 0 Å². The van der Waals surface area contributed by atoms with E-state index in [0.717, 1.165) is 19.4 Å². The number of hydrogen-bond donors (Lipinski definition) is 1. The number of methoxy groups -OCH3 is 1. The van der Waals surface area contributed by atoms with Gasteiger partial charge in [0.05, 0.1) is 7.11 Å². The first-order chi connectivity index (χ1) is 9.90. The maximum Gasteiger partial charge on any atom is 0.327 e. The fourth-order valence-corrected chi connectivity index (χ4v) is 3.93. The van der Waals surface area contributed by atoms with Gasteiger partial charge in [-0.3, -0.25) is 10.2 Å². The van der Waals surface area contributed by atoms with Crippen molar-refractivity contribution in [2.45, 2.75) is 83.5 Å². The first-order valence-corrected chi connectivity index (χ1v) is 8.52. The van der Waals surface area contributed by atoms with E-state index < -0.39 is 5.54 Å². The number of likely N-dealkylation sites (tertiary alicyclic amines) is 1. The van der Waals surface area contributed by atoms with E-state index in [4.69, 9.17) is 4.74 Å². The molecule has 1 aliphatic heterocycles. The average molecular weight is 296 g/mol. The third-order valence-electron chi connectivity index (χ3n) is 5.18. The van der Waals surface area contributed by atoms with E-state index in [1.54, 1.807) is 0 Å². The Bertz CT molecular complexity index is 358. The Balaban J connectivity index is 2.23. The molecule has 3 atom stereocenters. The minimum atomic E-state index is -0.525. The Hall–Kier alpha value is -0.610. The molecule has 1 saturated carbocycles. The van der Waals surface area contributed by atoms with Crippen molar-refractivity contribution in [3.05, 3.63) is 0 Å². The molecule has 0 radical (unpaired) electrons. The highest BCUT2D eigenvalue weighted by atomic mass is 16.5. The van der Waals surface area contributed by atoms with Gasteiger partial charge in [0.2, 0.25) is 0 Å². The lowest BCUT2D eigenvalue weighted by atomic mass is 9.87. The van der Waals surface area contributed by atoms with Crippen LogP contribution in [-0.2, 0) is 9.53 Å². The molecule has 0 amide bonds. The van der Waals surface area contributed by atoms with E-state index in [0.29, 0.717) is 18.0 Å². The van der Waals surface area contributed by atoms with Crippen LogP contribution in [0, 0.1) is 5.92 Å². The van der Waals surface area contributed by atoms with Crippen LogP contribution < -0.4 is 5.32 Å².